The van der Waals surface area contributed by atoms with Crippen molar-refractivity contribution in [1.29, 1.82) is 0 Å². The molecule has 2 amide bonds. The Hall–Kier alpha value is -3.71. The van der Waals surface area contributed by atoms with Crippen LogP contribution in [0, 0.1) is 10.1 Å². The van der Waals surface area contributed by atoms with E-state index >= 15 is 0 Å². The van der Waals surface area contributed by atoms with E-state index in [1.165, 1.54) is 30.5 Å². The van der Waals surface area contributed by atoms with Gasteiger partial charge in [0, 0.05) is 31.8 Å². The molecule has 2 rings (SSSR count). The highest BCUT2D eigenvalue weighted by atomic mass is 32.2. The van der Waals surface area contributed by atoms with Crippen molar-refractivity contribution in [2.24, 2.45) is 0 Å². The third-order valence-corrected chi connectivity index (χ3v) is 6.67. The predicted molar refractivity (Wildman–Crippen MR) is 125 cm³/mol. The monoisotopic (exact) mass is 494 g/mol. The van der Waals surface area contributed by atoms with Crippen molar-refractivity contribution in [3.63, 3.8) is 0 Å². The fourth-order valence-electron chi connectivity index (χ4n) is 3.05. The van der Waals surface area contributed by atoms with E-state index < -0.39 is 33.1 Å². The average molecular weight is 495 g/mol. The van der Waals surface area contributed by atoms with Crippen LogP contribution in [-0.4, -0.2) is 56.3 Å². The molecule has 0 saturated heterocycles. The molecule has 2 aromatic carbocycles. The van der Waals surface area contributed by atoms with Gasteiger partial charge in [-0.25, -0.2) is 8.42 Å². The number of nitro benzene ring substituents is 1. The standard InChI is InChI=1S/C21H26N4O8S/c1-5-24(6-2)34(30,31)16-8-10-20(18(12-16)25(28)29)33-13-21(27)23-17-11-15(22-14(3)26)7-9-19(17)32-4/h7-12H,5-6,13H2,1-4H3,(H,22,26)(H,23,27). The number of ether oxygens (including phenoxy) is 2. The van der Waals surface area contributed by atoms with Crippen LogP contribution in [0.4, 0.5) is 17.1 Å². The molecule has 34 heavy (non-hydrogen) atoms. The quantitative estimate of drug-likeness (QED) is 0.356. The first-order valence-electron chi connectivity index (χ1n) is 10.2. The summed E-state index contributed by atoms with van der Waals surface area (Å²) in [5.74, 6) is -0.908. The SMILES string of the molecule is CCN(CC)S(=O)(=O)c1ccc(OCC(=O)Nc2cc(NC(C)=O)ccc2OC)c([N+](=O)[O-])c1. The van der Waals surface area contributed by atoms with Crippen molar-refractivity contribution < 1.29 is 32.4 Å². The number of hydrogen-bond donors (Lipinski definition) is 2. The van der Waals surface area contributed by atoms with Gasteiger partial charge in [-0.1, -0.05) is 13.8 Å². The van der Waals surface area contributed by atoms with Gasteiger partial charge < -0.3 is 20.1 Å². The largest absolute Gasteiger partial charge is 0.495 e. The molecule has 2 aromatic rings. The summed E-state index contributed by atoms with van der Waals surface area (Å²) in [5.41, 5.74) is 0.0777. The Morgan fingerprint density at radius 1 is 1.06 bits per heavy atom. The number of methoxy groups -OCH3 is 1. The highest BCUT2D eigenvalue weighted by Crippen LogP contribution is 2.31. The third-order valence-electron chi connectivity index (χ3n) is 4.62. The zero-order chi connectivity index (χ0) is 25.5. The smallest absolute Gasteiger partial charge is 0.312 e. The molecule has 0 atom stereocenters. The summed E-state index contributed by atoms with van der Waals surface area (Å²) in [5, 5.41) is 16.6. The molecule has 0 aliphatic rings. The predicted octanol–water partition coefficient (Wildman–Crippen LogP) is 2.61. The van der Waals surface area contributed by atoms with E-state index in [1.807, 2.05) is 0 Å². The zero-order valence-corrected chi connectivity index (χ0v) is 20.0. The first-order chi connectivity index (χ1) is 16.0. The molecule has 0 spiro atoms. The number of amides is 2. The fraction of sp³-hybridized carbons (Fsp3) is 0.333. The minimum atomic E-state index is -3.92. The molecule has 184 valence electrons. The fourth-order valence-corrected chi connectivity index (χ4v) is 4.53. The van der Waals surface area contributed by atoms with Gasteiger partial charge in [-0.15, -0.1) is 0 Å². The van der Waals surface area contributed by atoms with Crippen LogP contribution in [0.5, 0.6) is 11.5 Å². The van der Waals surface area contributed by atoms with Crippen LogP contribution in [-0.2, 0) is 19.6 Å². The van der Waals surface area contributed by atoms with Gasteiger partial charge in [0.15, 0.2) is 12.4 Å². The number of nitro groups is 1. The summed E-state index contributed by atoms with van der Waals surface area (Å²) in [6.07, 6.45) is 0. The summed E-state index contributed by atoms with van der Waals surface area (Å²) in [7, 11) is -2.52. The van der Waals surface area contributed by atoms with Crippen LogP contribution in [0.15, 0.2) is 41.3 Å². The third kappa shape index (κ3) is 6.42. The van der Waals surface area contributed by atoms with Crippen molar-refractivity contribution in [3.05, 3.63) is 46.5 Å². The van der Waals surface area contributed by atoms with Crippen LogP contribution in [0.25, 0.3) is 0 Å². The molecule has 0 heterocycles. The number of nitrogens with zero attached hydrogens (tertiary/aromatic N) is 2. The molecular formula is C21H26N4O8S. The second-order valence-corrected chi connectivity index (χ2v) is 8.85. The molecular weight excluding hydrogens is 468 g/mol. The van der Waals surface area contributed by atoms with Crippen molar-refractivity contribution in [3.8, 4) is 11.5 Å². The van der Waals surface area contributed by atoms with Gasteiger partial charge in [0.2, 0.25) is 15.9 Å². The Kier molecular flexibility index (Phi) is 8.92. The highest BCUT2D eigenvalue weighted by molar-refractivity contribution is 7.89. The summed E-state index contributed by atoms with van der Waals surface area (Å²) < 4.78 is 37.0. The number of nitrogens with one attached hydrogen (secondary N) is 2. The van der Waals surface area contributed by atoms with Crippen molar-refractivity contribution in [2.45, 2.75) is 25.7 Å². The van der Waals surface area contributed by atoms with Crippen molar-refractivity contribution in [2.75, 3.05) is 37.4 Å². The maximum absolute atomic E-state index is 12.7. The zero-order valence-electron chi connectivity index (χ0n) is 19.2. The maximum Gasteiger partial charge on any atom is 0.312 e. The summed E-state index contributed by atoms with van der Waals surface area (Å²) in [6.45, 7) is 4.46. The lowest BCUT2D eigenvalue weighted by Gasteiger charge is -2.18. The van der Waals surface area contributed by atoms with Crippen LogP contribution in [0.3, 0.4) is 0 Å². The molecule has 12 nitrogen and oxygen atoms in total. The summed E-state index contributed by atoms with van der Waals surface area (Å²) in [6, 6.07) is 7.84. The van der Waals surface area contributed by atoms with Gasteiger partial charge >= 0.3 is 5.69 Å². The van der Waals surface area contributed by atoms with E-state index in [2.05, 4.69) is 10.6 Å². The van der Waals surface area contributed by atoms with Gasteiger partial charge in [-0.3, -0.25) is 19.7 Å². The molecule has 0 fully saturated rings. The first kappa shape index (κ1) is 26.5. The number of benzene rings is 2. The molecule has 0 unspecified atom stereocenters. The molecule has 13 heteroatoms. The summed E-state index contributed by atoms with van der Waals surface area (Å²) in [4.78, 5) is 34.2. The molecule has 0 bridgehead atoms. The van der Waals surface area contributed by atoms with Gasteiger partial charge in [0.25, 0.3) is 5.91 Å². The van der Waals surface area contributed by atoms with E-state index in [0.29, 0.717) is 11.4 Å². The van der Waals surface area contributed by atoms with Crippen molar-refractivity contribution >= 4 is 38.9 Å². The number of rotatable bonds is 11. The van der Waals surface area contributed by atoms with Crippen LogP contribution in [0.2, 0.25) is 0 Å². The summed E-state index contributed by atoms with van der Waals surface area (Å²) >= 11 is 0. The van der Waals surface area contributed by atoms with Crippen LogP contribution >= 0.6 is 0 Å². The molecule has 0 radical (unpaired) electrons. The number of carbonyl (C=O) groups is 2. The van der Waals surface area contributed by atoms with E-state index in [-0.39, 0.29) is 35.3 Å². The average Bonchev–Trinajstić information content (AvgIpc) is 2.78. The molecule has 0 aliphatic carbocycles. The maximum atomic E-state index is 12.7. The minimum Gasteiger partial charge on any atom is -0.495 e. The van der Waals surface area contributed by atoms with Crippen molar-refractivity contribution in [1.82, 2.24) is 4.31 Å². The Labute approximate surface area is 197 Å². The lowest BCUT2D eigenvalue weighted by atomic mass is 10.2. The van der Waals surface area contributed by atoms with Gasteiger partial charge in [-0.2, -0.15) is 4.31 Å². The van der Waals surface area contributed by atoms with Gasteiger partial charge in [0.1, 0.15) is 5.75 Å². The van der Waals surface area contributed by atoms with E-state index in [0.717, 1.165) is 12.1 Å². The topological polar surface area (TPSA) is 157 Å². The van der Waals surface area contributed by atoms with E-state index in [4.69, 9.17) is 9.47 Å². The lowest BCUT2D eigenvalue weighted by molar-refractivity contribution is -0.386. The molecule has 0 saturated carbocycles. The molecule has 2 N–H and O–H groups in total. The lowest BCUT2D eigenvalue weighted by Crippen LogP contribution is -2.30. The Morgan fingerprint density at radius 3 is 2.26 bits per heavy atom. The van der Waals surface area contributed by atoms with E-state index in [1.54, 1.807) is 26.0 Å². The number of hydrogen-bond acceptors (Lipinski definition) is 8. The Bertz CT molecular complexity index is 1180. The molecule has 0 aliphatic heterocycles. The normalized spacial score (nSPS) is 11.1. The first-order valence-corrected chi connectivity index (χ1v) is 11.6. The Balaban J connectivity index is 2.21. The van der Waals surface area contributed by atoms with Crippen LogP contribution in [0.1, 0.15) is 20.8 Å². The minimum absolute atomic E-state index is 0.206. The highest BCUT2D eigenvalue weighted by Gasteiger charge is 2.26. The second-order valence-electron chi connectivity index (χ2n) is 6.91. The van der Waals surface area contributed by atoms with E-state index in [9.17, 15) is 28.1 Å². The Morgan fingerprint density at radius 2 is 1.71 bits per heavy atom. The number of carbonyl (C=O) groups excluding carboxylic acids is 2. The number of sulfonamides is 1. The number of anilines is 2. The van der Waals surface area contributed by atoms with Crippen LogP contribution < -0.4 is 20.1 Å². The second kappa shape index (κ2) is 11.4. The molecule has 0 aromatic heterocycles. The van der Waals surface area contributed by atoms with Gasteiger partial charge in [-0.05, 0) is 30.3 Å². The van der Waals surface area contributed by atoms with Gasteiger partial charge in [0.05, 0.1) is 22.6 Å².